The Morgan fingerprint density at radius 2 is 2.00 bits per heavy atom. The molecule has 0 aliphatic carbocycles. The smallest absolute Gasteiger partial charge is 0.415 e. The van der Waals surface area contributed by atoms with Crippen LogP contribution in [-0.4, -0.2) is 40.8 Å². The van der Waals surface area contributed by atoms with Gasteiger partial charge in [-0.05, 0) is 63.2 Å². The molecule has 0 radical (unpaired) electrons. The predicted molar refractivity (Wildman–Crippen MR) is 137 cm³/mol. The van der Waals surface area contributed by atoms with Crippen molar-refractivity contribution in [1.29, 1.82) is 5.41 Å². The van der Waals surface area contributed by atoms with Crippen LogP contribution in [0, 0.1) is 5.41 Å². The van der Waals surface area contributed by atoms with Crippen LogP contribution in [0.5, 0.6) is 5.75 Å². The molecule has 1 aliphatic heterocycles. The van der Waals surface area contributed by atoms with Gasteiger partial charge in [-0.2, -0.15) is 5.10 Å². The fourth-order valence-electron chi connectivity index (χ4n) is 3.58. The molecule has 4 rings (SSSR count). The number of nitrogens with two attached hydrogens (primary N) is 1. The summed E-state index contributed by atoms with van der Waals surface area (Å²) >= 11 is 1.50. The van der Waals surface area contributed by atoms with Crippen LogP contribution in [0.1, 0.15) is 20.8 Å². The molecular weight excluding hydrogens is 466 g/mol. The Labute approximate surface area is 207 Å². The van der Waals surface area contributed by atoms with E-state index in [1.807, 2.05) is 51.1 Å². The van der Waals surface area contributed by atoms with E-state index < -0.39 is 11.7 Å². The van der Waals surface area contributed by atoms with E-state index in [0.29, 0.717) is 41.1 Å². The maximum atomic E-state index is 12.8. The standard InChI is InChI=1S/C25H27N5O4S/c1-25(2,3)34-24(32)29-10-11-33-22-7-5-19(13-21(22)29)35-18-4-6-20-16(12-18)14-28-30(23(20)31)15-17(27)8-9-26/h4-9,12-14,26H,10-11,15,27H2,1-3H3. The summed E-state index contributed by atoms with van der Waals surface area (Å²) in [5.74, 6) is 0.631. The van der Waals surface area contributed by atoms with Gasteiger partial charge in [-0.15, -0.1) is 0 Å². The molecule has 0 atom stereocenters. The molecule has 0 fully saturated rings. The monoisotopic (exact) mass is 493 g/mol. The van der Waals surface area contributed by atoms with E-state index >= 15 is 0 Å². The molecule has 1 aromatic heterocycles. The highest BCUT2D eigenvalue weighted by Gasteiger charge is 2.28. The number of benzene rings is 2. The zero-order valence-corrected chi connectivity index (χ0v) is 20.6. The van der Waals surface area contributed by atoms with Crippen molar-refractivity contribution < 1.29 is 14.3 Å². The van der Waals surface area contributed by atoms with E-state index in [2.05, 4.69) is 5.10 Å². The lowest BCUT2D eigenvalue weighted by atomic mass is 10.2. The van der Waals surface area contributed by atoms with E-state index in [1.165, 1.54) is 22.5 Å². The third-order valence-corrected chi connectivity index (χ3v) is 6.08. The number of nitrogens with one attached hydrogen (secondary N) is 1. The zero-order chi connectivity index (χ0) is 25.2. The Bertz CT molecular complexity index is 1380. The van der Waals surface area contributed by atoms with Gasteiger partial charge in [0.1, 0.15) is 18.0 Å². The Kier molecular flexibility index (Phi) is 6.83. The minimum Gasteiger partial charge on any atom is -0.490 e. The molecule has 0 spiro atoms. The fraction of sp³-hybridized carbons (Fsp3) is 0.280. The van der Waals surface area contributed by atoms with Gasteiger partial charge in [0.15, 0.2) is 0 Å². The Balaban J connectivity index is 1.59. The van der Waals surface area contributed by atoms with Gasteiger partial charge in [0.2, 0.25) is 0 Å². The second kappa shape index (κ2) is 9.83. The molecule has 2 aromatic carbocycles. The number of rotatable bonds is 5. The summed E-state index contributed by atoms with van der Waals surface area (Å²) in [5.41, 5.74) is 6.00. The molecule has 182 valence electrons. The normalized spacial score (nSPS) is 13.8. The van der Waals surface area contributed by atoms with Crippen LogP contribution >= 0.6 is 11.8 Å². The SMILES string of the molecule is CC(C)(C)OC(=O)N1CCOc2ccc(Sc3ccc4c(=O)n(CC(N)=CC=N)ncc4c3)cc21. The van der Waals surface area contributed by atoms with E-state index in [4.69, 9.17) is 20.6 Å². The quantitative estimate of drug-likeness (QED) is 0.511. The van der Waals surface area contributed by atoms with Crippen molar-refractivity contribution >= 4 is 40.5 Å². The highest BCUT2D eigenvalue weighted by molar-refractivity contribution is 7.99. The number of ether oxygens (including phenoxy) is 2. The Morgan fingerprint density at radius 1 is 1.26 bits per heavy atom. The molecule has 9 nitrogen and oxygen atoms in total. The first-order valence-corrected chi connectivity index (χ1v) is 11.9. The summed E-state index contributed by atoms with van der Waals surface area (Å²) in [7, 11) is 0. The van der Waals surface area contributed by atoms with E-state index in [0.717, 1.165) is 16.0 Å². The summed E-state index contributed by atoms with van der Waals surface area (Å²) in [6.07, 6.45) is 3.72. The number of nitrogens with zero attached hydrogens (tertiary/aromatic N) is 3. The predicted octanol–water partition coefficient (Wildman–Crippen LogP) is 4.17. The molecule has 2 heterocycles. The van der Waals surface area contributed by atoms with Crippen LogP contribution in [0.2, 0.25) is 0 Å². The summed E-state index contributed by atoms with van der Waals surface area (Å²) in [6, 6.07) is 11.2. The lowest BCUT2D eigenvalue weighted by molar-refractivity contribution is 0.0567. The van der Waals surface area contributed by atoms with Gasteiger partial charge in [-0.1, -0.05) is 11.8 Å². The number of carbonyl (C=O) groups is 1. The molecular formula is C25H27N5O4S. The van der Waals surface area contributed by atoms with Gasteiger partial charge in [0.25, 0.3) is 5.56 Å². The first kappa shape index (κ1) is 24.3. The average Bonchev–Trinajstić information content (AvgIpc) is 2.79. The van der Waals surface area contributed by atoms with Crippen LogP contribution in [0.3, 0.4) is 0 Å². The van der Waals surface area contributed by atoms with Gasteiger partial charge in [0.05, 0.1) is 30.4 Å². The third-order valence-electron chi connectivity index (χ3n) is 5.10. The van der Waals surface area contributed by atoms with Crippen LogP contribution < -0.4 is 20.9 Å². The maximum absolute atomic E-state index is 12.8. The molecule has 0 bridgehead atoms. The van der Waals surface area contributed by atoms with Crippen molar-refractivity contribution in [2.75, 3.05) is 18.1 Å². The summed E-state index contributed by atoms with van der Waals surface area (Å²) in [5, 5.41) is 12.6. The third kappa shape index (κ3) is 5.65. The lowest BCUT2D eigenvalue weighted by Gasteiger charge is -2.31. The van der Waals surface area contributed by atoms with Crippen molar-refractivity contribution in [2.24, 2.45) is 5.73 Å². The number of hydrogen-bond acceptors (Lipinski definition) is 8. The number of fused-ring (bicyclic) bond motifs is 2. The van der Waals surface area contributed by atoms with Crippen LogP contribution in [-0.2, 0) is 11.3 Å². The molecule has 0 saturated heterocycles. The van der Waals surface area contributed by atoms with Crippen molar-refractivity contribution in [3.05, 3.63) is 64.7 Å². The highest BCUT2D eigenvalue weighted by atomic mass is 32.2. The van der Waals surface area contributed by atoms with Crippen LogP contribution in [0.4, 0.5) is 10.5 Å². The van der Waals surface area contributed by atoms with Gasteiger partial charge in [0, 0.05) is 27.1 Å². The molecule has 10 heteroatoms. The summed E-state index contributed by atoms with van der Waals surface area (Å²) < 4.78 is 12.6. The minimum absolute atomic E-state index is 0.117. The first-order chi connectivity index (χ1) is 16.6. The minimum atomic E-state index is -0.596. The van der Waals surface area contributed by atoms with Gasteiger partial charge in [-0.3, -0.25) is 9.69 Å². The van der Waals surface area contributed by atoms with Gasteiger partial charge < -0.3 is 20.6 Å². The molecule has 3 aromatic rings. The topological polar surface area (TPSA) is 124 Å². The largest absolute Gasteiger partial charge is 0.490 e. The molecule has 0 unspecified atom stereocenters. The molecule has 1 amide bonds. The first-order valence-electron chi connectivity index (χ1n) is 11.0. The van der Waals surface area contributed by atoms with E-state index in [-0.39, 0.29) is 12.1 Å². The lowest BCUT2D eigenvalue weighted by Crippen LogP contribution is -2.41. The molecule has 35 heavy (non-hydrogen) atoms. The molecule has 0 saturated carbocycles. The highest BCUT2D eigenvalue weighted by Crippen LogP contribution is 2.38. The molecule has 3 N–H and O–H groups in total. The Morgan fingerprint density at radius 3 is 2.74 bits per heavy atom. The van der Waals surface area contributed by atoms with Crippen molar-refractivity contribution in [3.8, 4) is 5.75 Å². The maximum Gasteiger partial charge on any atom is 0.415 e. The summed E-state index contributed by atoms with van der Waals surface area (Å²) in [6.45, 7) is 6.43. The Hall–Kier alpha value is -3.79. The summed E-state index contributed by atoms with van der Waals surface area (Å²) in [4.78, 5) is 28.9. The van der Waals surface area contributed by atoms with Gasteiger partial charge >= 0.3 is 6.09 Å². The van der Waals surface area contributed by atoms with Gasteiger partial charge in [-0.25, -0.2) is 9.48 Å². The number of anilines is 1. The second-order valence-electron chi connectivity index (χ2n) is 8.98. The van der Waals surface area contributed by atoms with E-state index in [9.17, 15) is 9.59 Å². The van der Waals surface area contributed by atoms with Crippen molar-refractivity contribution in [1.82, 2.24) is 9.78 Å². The number of amides is 1. The van der Waals surface area contributed by atoms with Crippen LogP contribution in [0.25, 0.3) is 10.8 Å². The van der Waals surface area contributed by atoms with E-state index in [1.54, 1.807) is 17.2 Å². The average molecular weight is 494 g/mol. The zero-order valence-electron chi connectivity index (χ0n) is 19.8. The fourth-order valence-corrected chi connectivity index (χ4v) is 4.48. The number of allylic oxidation sites excluding steroid dienone is 2. The number of aromatic nitrogens is 2. The van der Waals surface area contributed by atoms with Crippen molar-refractivity contribution in [2.45, 2.75) is 42.7 Å². The second-order valence-corrected chi connectivity index (χ2v) is 10.1. The molecule has 1 aliphatic rings. The number of carbonyl (C=O) groups excluding carboxylic acids is 1. The van der Waals surface area contributed by atoms with Crippen molar-refractivity contribution in [3.63, 3.8) is 0 Å². The van der Waals surface area contributed by atoms with Crippen LogP contribution in [0.15, 0.2) is 69.0 Å². The number of hydrogen-bond donors (Lipinski definition) is 2.